The zero-order valence-electron chi connectivity index (χ0n) is 14.9. The summed E-state index contributed by atoms with van der Waals surface area (Å²) in [7, 11) is 1.64. The Kier molecular flexibility index (Phi) is 4.69. The van der Waals surface area contributed by atoms with Gasteiger partial charge in [-0.25, -0.2) is 9.97 Å². The van der Waals surface area contributed by atoms with Gasteiger partial charge in [-0.2, -0.15) is 0 Å². The summed E-state index contributed by atoms with van der Waals surface area (Å²) >= 11 is 2.23. The summed E-state index contributed by atoms with van der Waals surface area (Å²) in [5, 5.41) is 0.602. The molecule has 0 radical (unpaired) electrons. The summed E-state index contributed by atoms with van der Waals surface area (Å²) in [5.74, 6) is 1.48. The van der Waals surface area contributed by atoms with Gasteiger partial charge < -0.3 is 9.30 Å². The number of halogens is 1. The molecule has 0 unspecified atom stereocenters. The first-order chi connectivity index (χ1) is 13.1. The van der Waals surface area contributed by atoms with Crippen molar-refractivity contribution in [3.8, 4) is 11.4 Å². The molecule has 6 nitrogen and oxygen atoms in total. The fourth-order valence-electron chi connectivity index (χ4n) is 3.04. The first-order valence-corrected chi connectivity index (χ1v) is 9.46. The predicted octanol–water partition coefficient (Wildman–Crippen LogP) is 3.55. The molecule has 0 saturated carbocycles. The lowest BCUT2D eigenvalue weighted by molar-refractivity contribution is 0.414. The molecule has 4 aromatic rings. The van der Waals surface area contributed by atoms with E-state index in [4.69, 9.17) is 9.72 Å². The van der Waals surface area contributed by atoms with Crippen molar-refractivity contribution in [3.05, 3.63) is 80.4 Å². The number of imidazole rings is 1. The van der Waals surface area contributed by atoms with Gasteiger partial charge in [-0.05, 0) is 59.3 Å². The van der Waals surface area contributed by atoms with Crippen molar-refractivity contribution in [3.63, 3.8) is 0 Å². The molecule has 0 aliphatic carbocycles. The normalized spacial score (nSPS) is 11.1. The zero-order valence-corrected chi connectivity index (χ0v) is 17.0. The minimum atomic E-state index is -0.0480. The number of nitrogens with zero attached hydrogens (tertiary/aromatic N) is 4. The molecule has 2 heterocycles. The molecular formula is C20H17IN4O2. The van der Waals surface area contributed by atoms with E-state index in [1.165, 1.54) is 0 Å². The number of hydrogen-bond acceptors (Lipinski definition) is 4. The summed E-state index contributed by atoms with van der Waals surface area (Å²) in [6.45, 7) is 2.33. The van der Waals surface area contributed by atoms with E-state index in [1.807, 2.05) is 54.1 Å². The van der Waals surface area contributed by atoms with Gasteiger partial charge in [-0.3, -0.25) is 9.36 Å². The van der Waals surface area contributed by atoms with Crippen molar-refractivity contribution in [1.29, 1.82) is 0 Å². The first kappa shape index (κ1) is 17.7. The molecule has 27 heavy (non-hydrogen) atoms. The molecule has 0 aliphatic rings. The van der Waals surface area contributed by atoms with Crippen molar-refractivity contribution in [1.82, 2.24) is 19.1 Å². The van der Waals surface area contributed by atoms with Gasteiger partial charge in [0, 0.05) is 21.7 Å². The average Bonchev–Trinajstić information content (AvgIpc) is 3.21. The predicted molar refractivity (Wildman–Crippen MR) is 113 cm³/mol. The molecule has 0 fully saturated rings. The summed E-state index contributed by atoms with van der Waals surface area (Å²) in [6.07, 6.45) is 5.29. The third-order valence-corrected chi connectivity index (χ3v) is 5.31. The van der Waals surface area contributed by atoms with Gasteiger partial charge in [0.05, 0.1) is 30.9 Å². The van der Waals surface area contributed by atoms with Crippen LogP contribution in [-0.2, 0) is 6.54 Å². The minimum absolute atomic E-state index is 0.0480. The number of benzene rings is 2. The molecule has 0 spiro atoms. The smallest absolute Gasteiger partial charge is 0.261 e. The summed E-state index contributed by atoms with van der Waals surface area (Å²) in [6, 6.07) is 11.6. The van der Waals surface area contributed by atoms with Gasteiger partial charge >= 0.3 is 0 Å². The fourth-order valence-corrected chi connectivity index (χ4v) is 3.77. The van der Waals surface area contributed by atoms with Gasteiger partial charge in [-0.15, -0.1) is 0 Å². The maximum atomic E-state index is 13.2. The Labute approximate surface area is 169 Å². The quantitative estimate of drug-likeness (QED) is 0.427. The number of rotatable bonds is 4. The number of ether oxygens (including phenoxy) is 1. The maximum Gasteiger partial charge on any atom is 0.261 e. The minimum Gasteiger partial charge on any atom is -0.497 e. The Morgan fingerprint density at radius 1 is 1.19 bits per heavy atom. The molecule has 0 amide bonds. The Hall–Kier alpha value is -2.68. The molecular weight excluding hydrogens is 455 g/mol. The van der Waals surface area contributed by atoms with E-state index >= 15 is 0 Å². The van der Waals surface area contributed by atoms with E-state index in [9.17, 15) is 4.79 Å². The van der Waals surface area contributed by atoms with Crippen molar-refractivity contribution in [2.45, 2.75) is 13.5 Å². The van der Waals surface area contributed by atoms with E-state index in [0.29, 0.717) is 17.8 Å². The molecule has 0 atom stereocenters. The second-order valence-corrected chi connectivity index (χ2v) is 7.35. The van der Waals surface area contributed by atoms with Gasteiger partial charge in [0.2, 0.25) is 0 Å². The van der Waals surface area contributed by atoms with Gasteiger partial charge in [-0.1, -0.05) is 12.1 Å². The lowest BCUT2D eigenvalue weighted by atomic mass is 10.2. The van der Waals surface area contributed by atoms with Crippen molar-refractivity contribution in [2.24, 2.45) is 0 Å². The Morgan fingerprint density at radius 2 is 1.96 bits per heavy atom. The van der Waals surface area contributed by atoms with E-state index in [-0.39, 0.29) is 5.56 Å². The Balaban J connectivity index is 1.84. The summed E-state index contributed by atoms with van der Waals surface area (Å²) in [5.41, 5.74) is 2.59. The van der Waals surface area contributed by atoms with Crippen LogP contribution in [0.3, 0.4) is 0 Å². The zero-order chi connectivity index (χ0) is 19.0. The third kappa shape index (κ3) is 3.34. The monoisotopic (exact) mass is 472 g/mol. The molecule has 0 aliphatic heterocycles. The second kappa shape index (κ2) is 7.15. The van der Waals surface area contributed by atoms with E-state index in [0.717, 1.165) is 26.1 Å². The van der Waals surface area contributed by atoms with Crippen LogP contribution >= 0.6 is 22.6 Å². The molecule has 2 aromatic carbocycles. The molecule has 0 saturated heterocycles. The third-order valence-electron chi connectivity index (χ3n) is 4.49. The standard InChI is InChI=1S/C20H17IN4O2/c1-13-23-19-17(9-15(10-18(19)21)24-8-7-22-12-24)20(26)25(13)11-14-3-5-16(27-2)6-4-14/h3-10,12H,11H2,1-2H3. The van der Waals surface area contributed by atoms with Crippen molar-refractivity contribution >= 4 is 33.5 Å². The van der Waals surface area contributed by atoms with Crippen molar-refractivity contribution in [2.75, 3.05) is 7.11 Å². The highest BCUT2D eigenvalue weighted by Gasteiger charge is 2.13. The number of hydrogen-bond donors (Lipinski definition) is 0. The lowest BCUT2D eigenvalue weighted by Crippen LogP contribution is -2.25. The largest absolute Gasteiger partial charge is 0.497 e. The van der Waals surface area contributed by atoms with Gasteiger partial charge in [0.25, 0.3) is 5.56 Å². The lowest BCUT2D eigenvalue weighted by Gasteiger charge is -2.13. The maximum absolute atomic E-state index is 13.2. The molecule has 4 rings (SSSR count). The molecule has 0 bridgehead atoms. The molecule has 2 aromatic heterocycles. The van der Waals surface area contributed by atoms with Crippen LogP contribution in [-0.4, -0.2) is 26.2 Å². The van der Waals surface area contributed by atoms with Crippen LogP contribution in [0.5, 0.6) is 5.75 Å². The van der Waals surface area contributed by atoms with E-state index in [1.54, 1.807) is 24.2 Å². The first-order valence-electron chi connectivity index (χ1n) is 8.39. The highest BCUT2D eigenvalue weighted by atomic mass is 127. The highest BCUT2D eigenvalue weighted by molar-refractivity contribution is 14.1. The van der Waals surface area contributed by atoms with Crippen LogP contribution in [0.15, 0.2) is 59.9 Å². The van der Waals surface area contributed by atoms with Crippen LogP contribution in [0.25, 0.3) is 16.6 Å². The van der Waals surface area contributed by atoms with Gasteiger partial charge in [0.15, 0.2) is 0 Å². The van der Waals surface area contributed by atoms with Crippen LogP contribution < -0.4 is 10.3 Å². The second-order valence-electron chi connectivity index (χ2n) is 6.19. The number of aromatic nitrogens is 4. The molecule has 0 N–H and O–H groups in total. The average molecular weight is 472 g/mol. The Morgan fingerprint density at radius 3 is 2.63 bits per heavy atom. The SMILES string of the molecule is COc1ccc(Cn2c(C)nc3c(I)cc(-n4ccnc4)cc3c2=O)cc1. The summed E-state index contributed by atoms with van der Waals surface area (Å²) < 4.78 is 9.72. The molecule has 136 valence electrons. The Bertz CT molecular complexity index is 1170. The van der Waals surface area contributed by atoms with E-state index in [2.05, 4.69) is 27.6 Å². The topological polar surface area (TPSA) is 61.9 Å². The number of methoxy groups -OCH3 is 1. The van der Waals surface area contributed by atoms with Crippen LogP contribution in [0.1, 0.15) is 11.4 Å². The van der Waals surface area contributed by atoms with Crippen LogP contribution in [0.2, 0.25) is 0 Å². The fraction of sp³-hybridized carbons (Fsp3) is 0.150. The number of aryl methyl sites for hydroxylation is 1. The van der Waals surface area contributed by atoms with Crippen molar-refractivity contribution < 1.29 is 4.74 Å². The number of fused-ring (bicyclic) bond motifs is 1. The summed E-state index contributed by atoms with van der Waals surface area (Å²) in [4.78, 5) is 22.0. The van der Waals surface area contributed by atoms with Crippen LogP contribution in [0.4, 0.5) is 0 Å². The highest BCUT2D eigenvalue weighted by Crippen LogP contribution is 2.22. The van der Waals surface area contributed by atoms with Gasteiger partial charge in [0.1, 0.15) is 11.6 Å². The van der Waals surface area contributed by atoms with Crippen LogP contribution in [0, 0.1) is 10.5 Å². The van der Waals surface area contributed by atoms with E-state index < -0.39 is 0 Å². The molecule has 7 heteroatoms.